The van der Waals surface area contributed by atoms with Gasteiger partial charge in [0.1, 0.15) is 0 Å². The van der Waals surface area contributed by atoms with Gasteiger partial charge in [-0.2, -0.15) is 8.42 Å². The molecule has 0 aliphatic heterocycles. The summed E-state index contributed by atoms with van der Waals surface area (Å²) in [4.78, 5) is 10.6. The minimum absolute atomic E-state index is 0.188. The van der Waals surface area contributed by atoms with Crippen LogP contribution >= 0.6 is 11.6 Å². The zero-order valence-corrected chi connectivity index (χ0v) is 9.81. The van der Waals surface area contributed by atoms with Gasteiger partial charge in [-0.1, -0.05) is 17.7 Å². The number of halogens is 1. The van der Waals surface area contributed by atoms with Gasteiger partial charge < -0.3 is 0 Å². The molecule has 0 aliphatic carbocycles. The Kier molecular flexibility index (Phi) is 3.84. The van der Waals surface area contributed by atoms with E-state index >= 15 is 0 Å². The minimum Gasteiger partial charge on any atom is -0.284 e. The van der Waals surface area contributed by atoms with Gasteiger partial charge in [-0.25, -0.2) is 5.01 Å². The maximum Gasteiger partial charge on any atom is 0.288 e. The highest BCUT2D eigenvalue weighted by atomic mass is 35.5. The molecule has 1 aromatic rings. The van der Waals surface area contributed by atoms with Crippen LogP contribution in [0.25, 0.3) is 0 Å². The monoisotopic (exact) mass is 264 g/mol. The Morgan fingerprint density at radius 3 is 2.56 bits per heavy atom. The van der Waals surface area contributed by atoms with E-state index in [0.29, 0.717) is 10.0 Å². The molecule has 0 radical (unpaired) electrons. The van der Waals surface area contributed by atoms with Crippen LogP contribution in [0.2, 0.25) is 5.02 Å². The van der Waals surface area contributed by atoms with E-state index in [-0.39, 0.29) is 5.69 Å². The molecule has 0 aromatic heterocycles. The van der Waals surface area contributed by atoms with Gasteiger partial charge in [-0.05, 0) is 25.1 Å². The number of rotatable bonds is 4. The van der Waals surface area contributed by atoms with Crippen LogP contribution in [0, 0.1) is 4.91 Å². The average molecular weight is 265 g/mol. The lowest BCUT2D eigenvalue weighted by molar-refractivity contribution is 0.467. The van der Waals surface area contributed by atoms with Crippen molar-refractivity contribution in [3.05, 3.63) is 34.2 Å². The largest absolute Gasteiger partial charge is 0.288 e. The maximum absolute atomic E-state index is 10.9. The van der Waals surface area contributed by atoms with Crippen LogP contribution in [-0.2, 0) is 10.1 Å². The molecule has 1 aromatic carbocycles. The molecule has 1 rings (SSSR count). The smallest absolute Gasteiger partial charge is 0.284 e. The molecule has 0 heterocycles. The fourth-order valence-corrected chi connectivity index (χ4v) is 1.67. The third kappa shape index (κ3) is 2.91. The summed E-state index contributed by atoms with van der Waals surface area (Å²) < 4.78 is 30.6. The van der Waals surface area contributed by atoms with E-state index in [9.17, 15) is 13.3 Å². The molecule has 0 unspecified atom stereocenters. The third-order valence-corrected chi connectivity index (χ3v) is 3.23. The van der Waals surface area contributed by atoms with Crippen molar-refractivity contribution >= 4 is 27.4 Å². The number of nitrogens with zero attached hydrogens (tertiary/aromatic N) is 2. The zero-order chi connectivity index (χ0) is 12.3. The number of anilines is 1. The topological polar surface area (TPSA) is 87.0 Å². The second-order valence-electron chi connectivity index (χ2n) is 3.02. The highest BCUT2D eigenvalue weighted by Gasteiger charge is 2.26. The van der Waals surface area contributed by atoms with E-state index < -0.39 is 15.5 Å². The van der Waals surface area contributed by atoms with Crippen molar-refractivity contribution in [1.82, 2.24) is 0 Å². The lowest BCUT2D eigenvalue weighted by atomic mass is 10.3. The normalized spacial score (nSPS) is 13.2. The van der Waals surface area contributed by atoms with Gasteiger partial charge in [0, 0.05) is 5.02 Å². The Labute approximate surface area is 97.5 Å². The van der Waals surface area contributed by atoms with Crippen LogP contribution in [-0.4, -0.2) is 18.3 Å². The van der Waals surface area contributed by atoms with Crippen molar-refractivity contribution in [3.8, 4) is 0 Å². The van der Waals surface area contributed by atoms with E-state index in [1.165, 1.54) is 18.2 Å². The van der Waals surface area contributed by atoms with Gasteiger partial charge in [0.05, 0.1) is 11.0 Å². The molecule has 8 heteroatoms. The van der Waals surface area contributed by atoms with Gasteiger partial charge in [-0.3, -0.25) is 4.55 Å². The van der Waals surface area contributed by atoms with E-state index in [1.807, 2.05) is 0 Å². The summed E-state index contributed by atoms with van der Waals surface area (Å²) in [5.41, 5.74) is 0.188. The molecular formula is C8H9ClN2O4S. The molecule has 6 nitrogen and oxygen atoms in total. The van der Waals surface area contributed by atoms with E-state index in [1.54, 1.807) is 6.07 Å². The highest BCUT2D eigenvalue weighted by Crippen LogP contribution is 2.23. The molecular weight excluding hydrogens is 256 g/mol. The lowest BCUT2D eigenvalue weighted by Crippen LogP contribution is -2.34. The Bertz CT molecular complexity index is 491. The second-order valence-corrected chi connectivity index (χ2v) is 5.17. The predicted molar refractivity (Wildman–Crippen MR) is 60.7 cm³/mol. The van der Waals surface area contributed by atoms with Crippen LogP contribution in [0.4, 0.5) is 5.69 Å². The fourth-order valence-electron chi connectivity index (χ4n) is 1.07. The first-order valence-corrected chi connectivity index (χ1v) is 6.08. The number of hydrogen-bond donors (Lipinski definition) is 1. The van der Waals surface area contributed by atoms with Gasteiger partial charge in [-0.15, -0.1) is 4.91 Å². The quantitative estimate of drug-likeness (QED) is 0.511. The van der Waals surface area contributed by atoms with Crippen molar-refractivity contribution in [3.63, 3.8) is 0 Å². The van der Waals surface area contributed by atoms with Gasteiger partial charge >= 0.3 is 0 Å². The zero-order valence-electron chi connectivity index (χ0n) is 8.24. The van der Waals surface area contributed by atoms with Crippen molar-refractivity contribution < 1.29 is 13.0 Å². The molecule has 0 saturated carbocycles. The Balaban J connectivity index is 3.13. The first-order valence-electron chi connectivity index (χ1n) is 4.20. The Hall–Kier alpha value is -1.18. The van der Waals surface area contributed by atoms with Crippen LogP contribution in [0.3, 0.4) is 0 Å². The first kappa shape index (κ1) is 12.9. The molecule has 0 fully saturated rings. The predicted octanol–water partition coefficient (Wildman–Crippen LogP) is 2.06. The molecule has 0 saturated heterocycles. The molecule has 0 aliphatic rings. The number of benzene rings is 1. The summed E-state index contributed by atoms with van der Waals surface area (Å²) in [6.07, 6.45) is 0. The minimum atomic E-state index is -4.39. The maximum atomic E-state index is 10.9. The lowest BCUT2D eigenvalue weighted by Gasteiger charge is -2.20. The first-order chi connectivity index (χ1) is 7.36. The Morgan fingerprint density at radius 1 is 1.50 bits per heavy atom. The Morgan fingerprint density at radius 2 is 2.12 bits per heavy atom. The number of nitroso groups, excluding NO2 is 1. The van der Waals surface area contributed by atoms with Crippen LogP contribution < -0.4 is 5.01 Å². The molecule has 88 valence electrons. The molecule has 1 N–H and O–H groups in total. The summed E-state index contributed by atoms with van der Waals surface area (Å²) in [5, 5.41) is 2.04. The molecule has 0 bridgehead atoms. The van der Waals surface area contributed by atoms with E-state index in [2.05, 4.69) is 5.29 Å². The summed E-state index contributed by atoms with van der Waals surface area (Å²) in [7, 11) is -4.39. The van der Waals surface area contributed by atoms with Crippen molar-refractivity contribution in [1.29, 1.82) is 0 Å². The average Bonchev–Trinajstić information content (AvgIpc) is 2.17. The second kappa shape index (κ2) is 4.77. The van der Waals surface area contributed by atoms with E-state index in [0.717, 1.165) is 6.92 Å². The van der Waals surface area contributed by atoms with Crippen molar-refractivity contribution in [2.45, 2.75) is 12.3 Å². The van der Waals surface area contributed by atoms with Crippen molar-refractivity contribution in [2.75, 3.05) is 5.01 Å². The molecule has 0 amide bonds. The van der Waals surface area contributed by atoms with E-state index in [4.69, 9.17) is 16.2 Å². The molecule has 16 heavy (non-hydrogen) atoms. The third-order valence-electron chi connectivity index (χ3n) is 1.94. The SMILES string of the molecule is C[C@@H](N(N=O)c1cccc(Cl)c1)S(=O)(=O)O. The van der Waals surface area contributed by atoms with Gasteiger partial charge in [0.15, 0.2) is 5.37 Å². The van der Waals surface area contributed by atoms with Crippen LogP contribution in [0.15, 0.2) is 29.6 Å². The summed E-state index contributed by atoms with van der Waals surface area (Å²) in [6, 6.07) is 5.91. The summed E-state index contributed by atoms with van der Waals surface area (Å²) >= 11 is 5.68. The van der Waals surface area contributed by atoms with Crippen LogP contribution in [0.5, 0.6) is 0 Å². The van der Waals surface area contributed by atoms with Gasteiger partial charge in [0.25, 0.3) is 10.1 Å². The standard InChI is InChI=1S/C8H9ClN2O4S/c1-6(16(13,14)15)11(10-12)8-4-2-3-7(9)5-8/h2-6H,1H3,(H,13,14,15)/t6-/m0/s1. The van der Waals surface area contributed by atoms with Crippen LogP contribution in [0.1, 0.15) is 6.92 Å². The fraction of sp³-hybridized carbons (Fsp3) is 0.250. The molecule has 0 spiro atoms. The summed E-state index contributed by atoms with van der Waals surface area (Å²) in [5.74, 6) is 0. The number of hydrogen-bond acceptors (Lipinski definition) is 4. The van der Waals surface area contributed by atoms with Gasteiger partial charge in [0.2, 0.25) is 0 Å². The highest BCUT2D eigenvalue weighted by molar-refractivity contribution is 7.86. The van der Waals surface area contributed by atoms with Crippen molar-refractivity contribution in [2.24, 2.45) is 5.29 Å². The summed E-state index contributed by atoms with van der Waals surface area (Å²) in [6.45, 7) is 1.14. The molecule has 1 atom stereocenters.